The summed E-state index contributed by atoms with van der Waals surface area (Å²) in [6.07, 6.45) is 3.81. The van der Waals surface area contributed by atoms with Crippen LogP contribution in [-0.4, -0.2) is 49.5 Å². The molecule has 1 saturated heterocycles. The number of piperidine rings is 1. The highest BCUT2D eigenvalue weighted by molar-refractivity contribution is 5.68. The number of benzene rings is 1. The minimum atomic E-state index is -0.430. The Hall–Kier alpha value is -1.75. The fraction of sp³-hybridized carbons (Fsp3) is 0.682. The molecule has 27 heavy (non-hydrogen) atoms. The molecular formula is C22H35NO4. The van der Waals surface area contributed by atoms with Gasteiger partial charge in [-0.2, -0.15) is 0 Å². The second-order valence-corrected chi connectivity index (χ2v) is 8.16. The van der Waals surface area contributed by atoms with Crippen LogP contribution in [0.15, 0.2) is 24.3 Å². The van der Waals surface area contributed by atoms with Crippen LogP contribution in [0, 0.1) is 5.92 Å². The van der Waals surface area contributed by atoms with Crippen molar-refractivity contribution in [2.45, 2.75) is 59.0 Å². The molecule has 1 fully saturated rings. The summed E-state index contributed by atoms with van der Waals surface area (Å²) in [5.74, 6) is 1.52. The normalized spacial score (nSPS) is 15.6. The number of ether oxygens (including phenoxy) is 3. The molecule has 0 atom stereocenters. The summed E-state index contributed by atoms with van der Waals surface area (Å²) in [6.45, 7) is 11.5. The molecule has 0 aromatic heterocycles. The largest absolute Gasteiger partial charge is 0.494 e. The van der Waals surface area contributed by atoms with Crippen molar-refractivity contribution in [2.75, 3.05) is 32.9 Å². The standard InChI is InChI=1S/C22H35NO4/c1-5-25-15-6-16-26-20-9-7-18(8-10-20)17-19-11-13-23(14-12-19)21(24)27-22(2,3)4/h7-10,19H,5-6,11-17H2,1-4H3. The Kier molecular flexibility index (Phi) is 8.42. The average molecular weight is 378 g/mol. The van der Waals surface area contributed by atoms with Gasteiger partial charge in [0.1, 0.15) is 11.4 Å². The van der Waals surface area contributed by atoms with Gasteiger partial charge in [0.2, 0.25) is 0 Å². The van der Waals surface area contributed by atoms with Crippen molar-refractivity contribution in [1.82, 2.24) is 4.90 Å². The van der Waals surface area contributed by atoms with Crippen LogP contribution in [-0.2, 0) is 15.9 Å². The van der Waals surface area contributed by atoms with E-state index in [0.717, 1.165) is 57.7 Å². The van der Waals surface area contributed by atoms with Crippen molar-refractivity contribution in [2.24, 2.45) is 5.92 Å². The molecule has 1 aliphatic heterocycles. The van der Waals surface area contributed by atoms with Crippen molar-refractivity contribution in [3.05, 3.63) is 29.8 Å². The molecule has 1 aromatic rings. The van der Waals surface area contributed by atoms with Gasteiger partial charge in [-0.1, -0.05) is 12.1 Å². The Balaban J connectivity index is 1.70. The first kappa shape index (κ1) is 21.5. The quantitative estimate of drug-likeness (QED) is 0.617. The van der Waals surface area contributed by atoms with Crippen LogP contribution in [0.2, 0.25) is 0 Å². The molecule has 5 heteroatoms. The number of likely N-dealkylation sites (tertiary alicyclic amines) is 1. The number of nitrogens with zero attached hydrogens (tertiary/aromatic N) is 1. The molecule has 0 saturated carbocycles. The maximum Gasteiger partial charge on any atom is 0.410 e. The van der Waals surface area contributed by atoms with Gasteiger partial charge in [0.15, 0.2) is 0 Å². The van der Waals surface area contributed by atoms with Crippen LogP contribution in [0.3, 0.4) is 0 Å². The summed E-state index contributed by atoms with van der Waals surface area (Å²) in [7, 11) is 0. The molecule has 0 spiro atoms. The highest BCUT2D eigenvalue weighted by atomic mass is 16.6. The Morgan fingerprint density at radius 1 is 1.11 bits per heavy atom. The summed E-state index contributed by atoms with van der Waals surface area (Å²) in [5, 5.41) is 0. The molecule has 1 aromatic carbocycles. The smallest absolute Gasteiger partial charge is 0.410 e. The molecule has 0 radical (unpaired) electrons. The van der Waals surface area contributed by atoms with E-state index in [4.69, 9.17) is 14.2 Å². The van der Waals surface area contributed by atoms with Gasteiger partial charge in [0, 0.05) is 32.7 Å². The number of carbonyl (C=O) groups excluding carboxylic acids is 1. The summed E-state index contributed by atoms with van der Waals surface area (Å²) < 4.78 is 16.5. The molecule has 0 N–H and O–H groups in total. The zero-order chi connectivity index (χ0) is 19.7. The molecule has 1 aliphatic rings. The molecule has 0 unspecified atom stereocenters. The summed E-state index contributed by atoms with van der Waals surface area (Å²) in [4.78, 5) is 14.0. The monoisotopic (exact) mass is 377 g/mol. The van der Waals surface area contributed by atoms with Gasteiger partial charge < -0.3 is 19.1 Å². The summed E-state index contributed by atoms with van der Waals surface area (Å²) in [5.41, 5.74) is 0.896. The highest BCUT2D eigenvalue weighted by Crippen LogP contribution is 2.24. The Bertz CT molecular complexity index is 557. The average Bonchev–Trinajstić information content (AvgIpc) is 2.62. The van der Waals surface area contributed by atoms with Gasteiger partial charge in [0.25, 0.3) is 0 Å². The van der Waals surface area contributed by atoms with E-state index in [2.05, 4.69) is 12.1 Å². The zero-order valence-electron chi connectivity index (χ0n) is 17.3. The Morgan fingerprint density at radius 3 is 2.37 bits per heavy atom. The number of amides is 1. The highest BCUT2D eigenvalue weighted by Gasteiger charge is 2.26. The molecule has 0 aliphatic carbocycles. The third-order valence-electron chi connectivity index (χ3n) is 4.62. The van der Waals surface area contributed by atoms with E-state index in [1.165, 1.54) is 5.56 Å². The van der Waals surface area contributed by atoms with E-state index in [1.807, 2.05) is 44.7 Å². The lowest BCUT2D eigenvalue weighted by Crippen LogP contribution is -2.42. The Morgan fingerprint density at radius 2 is 1.78 bits per heavy atom. The molecular weight excluding hydrogens is 342 g/mol. The number of hydrogen-bond acceptors (Lipinski definition) is 4. The molecule has 1 heterocycles. The van der Waals surface area contributed by atoms with Gasteiger partial charge in [0.05, 0.1) is 6.61 Å². The van der Waals surface area contributed by atoms with Gasteiger partial charge >= 0.3 is 6.09 Å². The minimum Gasteiger partial charge on any atom is -0.494 e. The van der Waals surface area contributed by atoms with Crippen LogP contribution in [0.1, 0.15) is 52.5 Å². The summed E-state index contributed by atoms with van der Waals surface area (Å²) in [6, 6.07) is 8.40. The summed E-state index contributed by atoms with van der Waals surface area (Å²) >= 11 is 0. The van der Waals surface area contributed by atoms with E-state index in [-0.39, 0.29) is 6.09 Å². The first-order valence-electron chi connectivity index (χ1n) is 10.1. The number of hydrogen-bond donors (Lipinski definition) is 0. The van der Waals surface area contributed by atoms with Crippen LogP contribution < -0.4 is 4.74 Å². The SMILES string of the molecule is CCOCCCOc1ccc(CC2CCN(C(=O)OC(C)(C)C)CC2)cc1. The van der Waals surface area contributed by atoms with Crippen molar-refractivity contribution < 1.29 is 19.0 Å². The maximum absolute atomic E-state index is 12.1. The molecule has 0 bridgehead atoms. The van der Waals surface area contributed by atoms with Crippen LogP contribution in [0.5, 0.6) is 5.75 Å². The molecule has 152 valence electrons. The van der Waals surface area contributed by atoms with Crippen LogP contribution >= 0.6 is 0 Å². The molecule has 2 rings (SSSR count). The third kappa shape index (κ3) is 8.21. The van der Waals surface area contributed by atoms with Crippen molar-refractivity contribution in [3.8, 4) is 5.75 Å². The predicted octanol–water partition coefficient (Wildman–Crippen LogP) is 4.68. The van der Waals surface area contributed by atoms with Crippen molar-refractivity contribution >= 4 is 6.09 Å². The van der Waals surface area contributed by atoms with E-state index in [0.29, 0.717) is 12.5 Å². The zero-order valence-corrected chi connectivity index (χ0v) is 17.3. The van der Waals surface area contributed by atoms with Gasteiger partial charge in [-0.15, -0.1) is 0 Å². The number of rotatable bonds is 8. The second kappa shape index (κ2) is 10.5. The van der Waals surface area contributed by atoms with Crippen molar-refractivity contribution in [1.29, 1.82) is 0 Å². The van der Waals surface area contributed by atoms with Crippen LogP contribution in [0.4, 0.5) is 4.79 Å². The molecule has 5 nitrogen and oxygen atoms in total. The third-order valence-corrected chi connectivity index (χ3v) is 4.62. The second-order valence-electron chi connectivity index (χ2n) is 8.16. The van der Waals surface area contributed by atoms with E-state index >= 15 is 0 Å². The van der Waals surface area contributed by atoms with Gasteiger partial charge in [-0.25, -0.2) is 4.79 Å². The lowest BCUT2D eigenvalue weighted by molar-refractivity contribution is 0.0184. The fourth-order valence-corrected chi connectivity index (χ4v) is 3.20. The lowest BCUT2D eigenvalue weighted by atomic mass is 9.90. The Labute approximate surface area is 164 Å². The topological polar surface area (TPSA) is 48.0 Å². The molecule has 1 amide bonds. The fourth-order valence-electron chi connectivity index (χ4n) is 3.20. The van der Waals surface area contributed by atoms with E-state index in [9.17, 15) is 4.79 Å². The van der Waals surface area contributed by atoms with Crippen molar-refractivity contribution in [3.63, 3.8) is 0 Å². The first-order valence-corrected chi connectivity index (χ1v) is 10.1. The maximum atomic E-state index is 12.1. The lowest BCUT2D eigenvalue weighted by Gasteiger charge is -2.33. The minimum absolute atomic E-state index is 0.188. The van der Waals surface area contributed by atoms with E-state index < -0.39 is 5.60 Å². The van der Waals surface area contributed by atoms with Crippen LogP contribution in [0.25, 0.3) is 0 Å². The first-order chi connectivity index (χ1) is 12.9. The number of carbonyl (C=O) groups is 1. The predicted molar refractivity (Wildman–Crippen MR) is 107 cm³/mol. The van der Waals surface area contributed by atoms with E-state index in [1.54, 1.807) is 0 Å². The van der Waals surface area contributed by atoms with Gasteiger partial charge in [-0.3, -0.25) is 0 Å². The van der Waals surface area contributed by atoms with Gasteiger partial charge in [-0.05, 0) is 70.6 Å².